The molecule has 0 aliphatic rings. The summed E-state index contributed by atoms with van der Waals surface area (Å²) in [5, 5.41) is 0. The van der Waals surface area contributed by atoms with Gasteiger partial charge in [-0.25, -0.2) is 0 Å². The van der Waals surface area contributed by atoms with Crippen LogP contribution < -0.4 is 0 Å². The highest BCUT2D eigenvalue weighted by Crippen LogP contribution is 2.18. The van der Waals surface area contributed by atoms with Gasteiger partial charge in [-0.2, -0.15) is 0 Å². The van der Waals surface area contributed by atoms with Gasteiger partial charge in [-0.15, -0.1) is 0 Å². The van der Waals surface area contributed by atoms with Crippen LogP contribution in [0.15, 0.2) is 0 Å². The molecule has 0 aromatic rings. The second-order valence-electron chi connectivity index (χ2n) is 16.5. The lowest BCUT2D eigenvalue weighted by Gasteiger charge is -2.05. The maximum atomic E-state index is 12.3. The standard InChI is InChI=1S/C48H96O/c1-3-5-7-9-11-13-15-17-19-21-23-25-27-29-31-33-35-37-39-41-43-45-47-48(49)46-44-42-40-38-36-34-32-30-28-26-24-22-20-18-16-14-12-10-8-6-4-2/h3-47H2,1-2H3. The Kier molecular flexibility index (Phi) is 45.4. The lowest BCUT2D eigenvalue weighted by atomic mass is 10.0. The number of hydrogen-bond acceptors (Lipinski definition) is 1. The van der Waals surface area contributed by atoms with E-state index in [1.807, 2.05) is 0 Å². The van der Waals surface area contributed by atoms with E-state index in [9.17, 15) is 4.79 Å². The van der Waals surface area contributed by atoms with Crippen molar-refractivity contribution >= 4 is 5.78 Å². The van der Waals surface area contributed by atoms with Crippen molar-refractivity contribution in [3.8, 4) is 0 Å². The summed E-state index contributed by atoms with van der Waals surface area (Å²) in [5.41, 5.74) is 0. The molecule has 0 amide bonds. The van der Waals surface area contributed by atoms with Gasteiger partial charge in [0.05, 0.1) is 0 Å². The summed E-state index contributed by atoms with van der Waals surface area (Å²) in [6, 6.07) is 0. The number of hydrogen-bond donors (Lipinski definition) is 0. The van der Waals surface area contributed by atoms with Gasteiger partial charge in [0.1, 0.15) is 5.78 Å². The van der Waals surface area contributed by atoms with Crippen LogP contribution >= 0.6 is 0 Å². The van der Waals surface area contributed by atoms with Gasteiger partial charge in [0.25, 0.3) is 0 Å². The lowest BCUT2D eigenvalue weighted by molar-refractivity contribution is -0.119. The zero-order valence-corrected chi connectivity index (χ0v) is 34.7. The fourth-order valence-electron chi connectivity index (χ4n) is 7.81. The van der Waals surface area contributed by atoms with Crippen molar-refractivity contribution in [3.63, 3.8) is 0 Å². The molecular weight excluding hydrogens is 593 g/mol. The number of ketones is 1. The Balaban J connectivity index is 3.14. The normalized spacial score (nSPS) is 11.6. The van der Waals surface area contributed by atoms with Crippen molar-refractivity contribution < 1.29 is 4.79 Å². The Morgan fingerprint density at radius 2 is 0.327 bits per heavy atom. The van der Waals surface area contributed by atoms with E-state index in [-0.39, 0.29) is 0 Å². The van der Waals surface area contributed by atoms with E-state index in [1.165, 1.54) is 263 Å². The second-order valence-corrected chi connectivity index (χ2v) is 16.5. The first-order valence-electron chi connectivity index (χ1n) is 23.8. The van der Waals surface area contributed by atoms with Crippen LogP contribution in [0, 0.1) is 0 Å². The molecule has 0 saturated heterocycles. The molecule has 0 aromatic carbocycles. The van der Waals surface area contributed by atoms with Gasteiger partial charge in [-0.1, -0.05) is 277 Å². The molecule has 1 heteroatoms. The van der Waals surface area contributed by atoms with Gasteiger partial charge in [0, 0.05) is 12.8 Å². The zero-order valence-electron chi connectivity index (χ0n) is 34.7. The molecule has 1 nitrogen and oxygen atoms in total. The van der Waals surface area contributed by atoms with E-state index < -0.39 is 0 Å². The minimum Gasteiger partial charge on any atom is -0.300 e. The molecule has 0 rings (SSSR count). The van der Waals surface area contributed by atoms with Crippen molar-refractivity contribution in [2.45, 2.75) is 303 Å². The fraction of sp³-hybridized carbons (Fsp3) is 0.979. The Morgan fingerprint density at radius 1 is 0.204 bits per heavy atom. The number of carbonyl (C=O) groups excluding carboxylic acids is 1. The predicted octanol–water partition coefficient (Wildman–Crippen LogP) is 18.1. The summed E-state index contributed by atoms with van der Waals surface area (Å²) in [6.45, 7) is 4.61. The fourth-order valence-corrected chi connectivity index (χ4v) is 7.81. The monoisotopic (exact) mass is 689 g/mol. The van der Waals surface area contributed by atoms with E-state index in [0.717, 1.165) is 25.7 Å². The van der Waals surface area contributed by atoms with E-state index in [4.69, 9.17) is 0 Å². The summed E-state index contributed by atoms with van der Waals surface area (Å²) in [6.07, 6.45) is 62.8. The first kappa shape index (κ1) is 48.7. The van der Waals surface area contributed by atoms with Gasteiger partial charge in [0.15, 0.2) is 0 Å². The molecule has 0 aliphatic carbocycles. The Morgan fingerprint density at radius 3 is 0.469 bits per heavy atom. The van der Waals surface area contributed by atoms with Gasteiger partial charge < -0.3 is 0 Å². The van der Waals surface area contributed by atoms with Crippen molar-refractivity contribution in [1.82, 2.24) is 0 Å². The SMILES string of the molecule is CCCCCCCCCCCCCCCCCCCCCCCCC(=O)CCCCCCCCCCCCCCCCCCCCCCC. The maximum Gasteiger partial charge on any atom is 0.132 e. The number of Topliss-reactive ketones (excluding diaryl/α,β-unsaturated/α-hetero) is 1. The van der Waals surface area contributed by atoms with Crippen LogP contribution in [-0.2, 0) is 4.79 Å². The van der Waals surface area contributed by atoms with Crippen LogP contribution in [0.25, 0.3) is 0 Å². The van der Waals surface area contributed by atoms with Crippen LogP contribution in [-0.4, -0.2) is 5.78 Å². The quantitative estimate of drug-likeness (QED) is 0.0582. The van der Waals surface area contributed by atoms with Gasteiger partial charge in [-0.3, -0.25) is 4.79 Å². The number of carbonyl (C=O) groups is 1. The Hall–Kier alpha value is -0.330. The molecule has 0 aromatic heterocycles. The number of unbranched alkanes of at least 4 members (excludes halogenated alkanes) is 41. The summed E-state index contributed by atoms with van der Waals surface area (Å²) < 4.78 is 0. The summed E-state index contributed by atoms with van der Waals surface area (Å²) in [4.78, 5) is 12.3. The highest BCUT2D eigenvalue weighted by molar-refractivity contribution is 5.78. The van der Waals surface area contributed by atoms with Crippen molar-refractivity contribution in [2.75, 3.05) is 0 Å². The second kappa shape index (κ2) is 45.7. The molecule has 0 fully saturated rings. The van der Waals surface area contributed by atoms with E-state index in [1.54, 1.807) is 0 Å². The summed E-state index contributed by atoms with van der Waals surface area (Å²) in [5.74, 6) is 0.533. The summed E-state index contributed by atoms with van der Waals surface area (Å²) in [7, 11) is 0. The molecule has 49 heavy (non-hydrogen) atoms. The van der Waals surface area contributed by atoms with Crippen molar-refractivity contribution in [2.24, 2.45) is 0 Å². The van der Waals surface area contributed by atoms with Crippen molar-refractivity contribution in [3.05, 3.63) is 0 Å². The molecule has 0 spiro atoms. The van der Waals surface area contributed by atoms with Gasteiger partial charge >= 0.3 is 0 Å². The van der Waals surface area contributed by atoms with Crippen LogP contribution in [0.4, 0.5) is 0 Å². The lowest BCUT2D eigenvalue weighted by Crippen LogP contribution is -1.97. The molecule has 0 unspecified atom stereocenters. The molecule has 0 saturated carbocycles. The largest absolute Gasteiger partial charge is 0.300 e. The summed E-state index contributed by atoms with van der Waals surface area (Å²) >= 11 is 0. The van der Waals surface area contributed by atoms with E-state index >= 15 is 0 Å². The third kappa shape index (κ3) is 45.6. The van der Waals surface area contributed by atoms with Crippen LogP contribution in [0.2, 0.25) is 0 Å². The molecule has 0 N–H and O–H groups in total. The van der Waals surface area contributed by atoms with E-state index in [2.05, 4.69) is 13.8 Å². The maximum absolute atomic E-state index is 12.3. The molecular formula is C48H96O. The highest BCUT2D eigenvalue weighted by Gasteiger charge is 2.03. The Labute approximate surface area is 312 Å². The van der Waals surface area contributed by atoms with E-state index in [0.29, 0.717) is 5.78 Å². The Bertz CT molecular complexity index is 582. The molecule has 0 radical (unpaired) electrons. The zero-order chi connectivity index (χ0) is 35.4. The first-order valence-corrected chi connectivity index (χ1v) is 23.8. The molecule has 0 atom stereocenters. The predicted molar refractivity (Wildman–Crippen MR) is 224 cm³/mol. The van der Waals surface area contributed by atoms with Crippen LogP contribution in [0.3, 0.4) is 0 Å². The van der Waals surface area contributed by atoms with Crippen LogP contribution in [0.1, 0.15) is 303 Å². The molecule has 0 aliphatic heterocycles. The smallest absolute Gasteiger partial charge is 0.132 e. The van der Waals surface area contributed by atoms with Gasteiger partial charge in [-0.05, 0) is 12.8 Å². The topological polar surface area (TPSA) is 17.1 Å². The average Bonchev–Trinajstić information content (AvgIpc) is 3.11. The van der Waals surface area contributed by atoms with Crippen molar-refractivity contribution in [1.29, 1.82) is 0 Å². The first-order chi connectivity index (χ1) is 24.3. The minimum atomic E-state index is 0.533. The molecule has 0 heterocycles. The molecule has 0 bridgehead atoms. The van der Waals surface area contributed by atoms with Crippen LogP contribution in [0.5, 0.6) is 0 Å². The third-order valence-electron chi connectivity index (χ3n) is 11.4. The third-order valence-corrected chi connectivity index (χ3v) is 11.4. The average molecular weight is 689 g/mol. The van der Waals surface area contributed by atoms with Gasteiger partial charge in [0.2, 0.25) is 0 Å². The molecule has 294 valence electrons. The number of rotatable bonds is 45. The highest BCUT2D eigenvalue weighted by atomic mass is 16.1. The minimum absolute atomic E-state index is 0.533.